The number of aliphatic hydroxyl groups excluding tert-OH is 1. The van der Waals surface area contributed by atoms with Gasteiger partial charge in [-0.15, -0.1) is 0 Å². The lowest BCUT2D eigenvalue weighted by atomic mass is 9.92. The third-order valence-electron chi connectivity index (χ3n) is 7.15. The summed E-state index contributed by atoms with van der Waals surface area (Å²) in [7, 11) is 0. The lowest BCUT2D eigenvalue weighted by molar-refractivity contribution is -0.0107. The normalized spacial score (nSPS) is 21.6. The zero-order chi connectivity index (χ0) is 24.4. The number of aromatic nitrogens is 3. The van der Waals surface area contributed by atoms with Crippen LogP contribution in [0, 0.1) is 0 Å². The number of hydrazine groups is 1. The predicted molar refractivity (Wildman–Crippen MR) is 138 cm³/mol. The number of ether oxygens (including phenoxy) is 1. The molecule has 1 saturated carbocycles. The number of hydrogen-bond donors (Lipinski definition) is 3. The van der Waals surface area contributed by atoms with Gasteiger partial charge in [-0.2, -0.15) is 0 Å². The minimum atomic E-state index is -0.230. The number of likely N-dealkylation sites (tertiary alicyclic amines) is 1. The van der Waals surface area contributed by atoms with Crippen molar-refractivity contribution < 1.29 is 9.84 Å². The van der Waals surface area contributed by atoms with E-state index in [9.17, 15) is 5.11 Å². The third-order valence-corrected chi connectivity index (χ3v) is 7.15. The Morgan fingerprint density at radius 1 is 1.29 bits per heavy atom. The fraction of sp³-hybridized carbons (Fsp3) is 0.407. The molecule has 0 bridgehead atoms. The molecule has 35 heavy (non-hydrogen) atoms. The van der Waals surface area contributed by atoms with Crippen LogP contribution in [0.25, 0.3) is 28.0 Å². The molecule has 3 aromatic rings. The summed E-state index contributed by atoms with van der Waals surface area (Å²) in [6.45, 7) is 9.45. The van der Waals surface area contributed by atoms with E-state index in [1.807, 2.05) is 47.7 Å². The van der Waals surface area contributed by atoms with E-state index in [1.54, 1.807) is 6.20 Å². The summed E-state index contributed by atoms with van der Waals surface area (Å²) in [4.78, 5) is 15.2. The molecule has 8 nitrogen and oxygen atoms in total. The highest BCUT2D eigenvalue weighted by molar-refractivity contribution is 5.91. The molecule has 4 N–H and O–H groups in total. The van der Waals surface area contributed by atoms with Crippen LogP contribution in [0.5, 0.6) is 5.75 Å². The van der Waals surface area contributed by atoms with Crippen molar-refractivity contribution in [1.82, 2.24) is 24.9 Å². The molecule has 1 saturated heterocycles. The molecule has 5 rings (SSSR count). The molecular weight excluding hydrogens is 440 g/mol. The van der Waals surface area contributed by atoms with Crippen LogP contribution in [0.15, 0.2) is 55.5 Å². The zero-order valence-corrected chi connectivity index (χ0v) is 20.2. The Morgan fingerprint density at radius 2 is 2.03 bits per heavy atom. The fourth-order valence-electron chi connectivity index (χ4n) is 4.81. The summed E-state index contributed by atoms with van der Waals surface area (Å²) in [6, 6.07) is 8.16. The van der Waals surface area contributed by atoms with E-state index in [0.29, 0.717) is 18.9 Å². The van der Waals surface area contributed by atoms with Gasteiger partial charge >= 0.3 is 0 Å². The number of fused-ring (bicyclic) bond motifs is 1. The van der Waals surface area contributed by atoms with Gasteiger partial charge in [-0.1, -0.05) is 19.6 Å². The Balaban J connectivity index is 1.35. The molecule has 0 atom stereocenters. The summed E-state index contributed by atoms with van der Waals surface area (Å²) >= 11 is 0. The lowest BCUT2D eigenvalue weighted by Gasteiger charge is -2.35. The largest absolute Gasteiger partial charge is 0.490 e. The number of allylic oxidation sites excluding steroid dienone is 2. The summed E-state index contributed by atoms with van der Waals surface area (Å²) in [6.07, 6.45) is 10.8. The van der Waals surface area contributed by atoms with Crippen LogP contribution >= 0.6 is 0 Å². The highest BCUT2D eigenvalue weighted by Crippen LogP contribution is 2.29. The molecular formula is C27H34N6O2. The summed E-state index contributed by atoms with van der Waals surface area (Å²) < 4.78 is 5.89. The minimum Gasteiger partial charge on any atom is -0.490 e. The molecule has 2 fully saturated rings. The van der Waals surface area contributed by atoms with Gasteiger partial charge in [0.1, 0.15) is 17.4 Å². The highest BCUT2D eigenvalue weighted by atomic mass is 16.5. The van der Waals surface area contributed by atoms with Crippen LogP contribution in [0.3, 0.4) is 0 Å². The molecule has 8 heteroatoms. The fourth-order valence-corrected chi connectivity index (χ4v) is 4.81. The average Bonchev–Trinajstić information content (AvgIpc) is 3.30. The van der Waals surface area contributed by atoms with Gasteiger partial charge in [-0.3, -0.25) is 0 Å². The number of aliphatic hydroxyl groups is 1. The van der Waals surface area contributed by atoms with Gasteiger partial charge in [-0.05, 0) is 43.7 Å². The van der Waals surface area contributed by atoms with Gasteiger partial charge in [0.2, 0.25) is 0 Å². The molecule has 3 heterocycles. The van der Waals surface area contributed by atoms with Gasteiger partial charge in [0.15, 0.2) is 5.65 Å². The topological polar surface area (TPSA) is 104 Å². The molecule has 0 spiro atoms. The second kappa shape index (κ2) is 10.2. The van der Waals surface area contributed by atoms with Crippen molar-refractivity contribution in [3.05, 3.63) is 61.1 Å². The second-order valence-corrected chi connectivity index (χ2v) is 9.45. The maximum atomic E-state index is 9.45. The number of aromatic amines is 1. The molecule has 1 aliphatic heterocycles. The van der Waals surface area contributed by atoms with Crippen LogP contribution in [0.2, 0.25) is 0 Å². The van der Waals surface area contributed by atoms with Gasteiger partial charge in [0.25, 0.3) is 0 Å². The Hall–Kier alpha value is -3.20. The first-order valence-corrected chi connectivity index (χ1v) is 12.4. The van der Waals surface area contributed by atoms with Crippen LogP contribution < -0.4 is 10.6 Å². The van der Waals surface area contributed by atoms with E-state index >= 15 is 0 Å². The van der Waals surface area contributed by atoms with Gasteiger partial charge in [-0.25, -0.2) is 15.8 Å². The molecule has 184 valence electrons. The Labute approximate surface area is 206 Å². The number of rotatable bonds is 8. The van der Waals surface area contributed by atoms with Crippen molar-refractivity contribution in [1.29, 1.82) is 0 Å². The number of hydrogen-bond acceptors (Lipinski definition) is 7. The smallest absolute Gasteiger partial charge is 0.156 e. The first-order chi connectivity index (χ1) is 17.0. The summed E-state index contributed by atoms with van der Waals surface area (Å²) in [5.74, 6) is 7.27. The SMILES string of the molecule is C=C/C(=C\N(N)C1CCN(CC)CC1)c1c[nH]c2ncc(-c3ccc(OC4CC(O)C4)cc3)nc12. The molecule has 2 aliphatic rings. The number of nitrogens with one attached hydrogen (secondary N) is 1. The molecule has 0 radical (unpaired) electrons. The van der Waals surface area contributed by atoms with E-state index in [1.165, 1.54) is 0 Å². The standard InChI is InChI=1S/C27H34N6O2/c1-3-18(17-33(28)20-9-11-32(4-2)12-10-20)24-15-29-27-26(24)31-25(16-30-27)19-5-7-22(8-6-19)35-23-13-21(34)14-23/h3,5-8,15-17,20-21,23,34H,1,4,9-14,28H2,2H3,(H,29,30)/b18-17+. The molecule has 0 unspecified atom stereocenters. The van der Waals surface area contributed by atoms with E-state index in [0.717, 1.165) is 71.8 Å². The highest BCUT2D eigenvalue weighted by Gasteiger charge is 2.28. The van der Waals surface area contributed by atoms with Crippen molar-refractivity contribution in [3.8, 4) is 17.0 Å². The van der Waals surface area contributed by atoms with Gasteiger partial charge < -0.3 is 24.7 Å². The Bertz CT molecular complexity index is 1190. The van der Waals surface area contributed by atoms with E-state index in [2.05, 4.69) is 28.4 Å². The maximum Gasteiger partial charge on any atom is 0.156 e. The van der Waals surface area contributed by atoms with Crippen molar-refractivity contribution >= 4 is 16.7 Å². The molecule has 1 aromatic carbocycles. The van der Waals surface area contributed by atoms with Crippen LogP contribution in [-0.4, -0.2) is 67.9 Å². The average molecular weight is 475 g/mol. The van der Waals surface area contributed by atoms with E-state index in [4.69, 9.17) is 15.6 Å². The minimum absolute atomic E-state index is 0.0971. The quantitative estimate of drug-likeness (QED) is 0.260. The van der Waals surface area contributed by atoms with Crippen molar-refractivity contribution in [2.24, 2.45) is 5.84 Å². The zero-order valence-electron chi connectivity index (χ0n) is 20.2. The molecule has 2 aromatic heterocycles. The number of piperidine rings is 1. The van der Waals surface area contributed by atoms with Crippen molar-refractivity contribution in [2.75, 3.05) is 19.6 Å². The van der Waals surface area contributed by atoms with Crippen molar-refractivity contribution in [2.45, 2.75) is 50.9 Å². The maximum absolute atomic E-state index is 9.45. The Morgan fingerprint density at radius 3 is 2.69 bits per heavy atom. The Kier molecular flexibility index (Phi) is 6.86. The third kappa shape index (κ3) is 5.10. The van der Waals surface area contributed by atoms with Gasteiger partial charge in [0, 0.05) is 61.1 Å². The number of H-pyrrole nitrogens is 1. The number of benzene rings is 1. The van der Waals surface area contributed by atoms with E-state index < -0.39 is 0 Å². The summed E-state index contributed by atoms with van der Waals surface area (Å²) in [5, 5.41) is 11.3. The van der Waals surface area contributed by atoms with Crippen LogP contribution in [0.1, 0.15) is 38.2 Å². The first-order valence-electron chi connectivity index (χ1n) is 12.4. The second-order valence-electron chi connectivity index (χ2n) is 9.45. The predicted octanol–water partition coefficient (Wildman–Crippen LogP) is 3.71. The van der Waals surface area contributed by atoms with Crippen LogP contribution in [-0.2, 0) is 0 Å². The number of nitrogens with zero attached hydrogens (tertiary/aromatic N) is 4. The summed E-state index contributed by atoms with van der Waals surface area (Å²) in [5.41, 5.74) is 5.08. The molecule has 1 aliphatic carbocycles. The number of nitrogens with two attached hydrogens (primary N) is 1. The van der Waals surface area contributed by atoms with Crippen LogP contribution in [0.4, 0.5) is 0 Å². The lowest BCUT2D eigenvalue weighted by Crippen LogP contribution is -2.45. The van der Waals surface area contributed by atoms with E-state index in [-0.39, 0.29) is 12.2 Å². The van der Waals surface area contributed by atoms with Gasteiger partial charge in [0.05, 0.1) is 18.0 Å². The monoisotopic (exact) mass is 474 g/mol. The van der Waals surface area contributed by atoms with Crippen molar-refractivity contribution in [3.63, 3.8) is 0 Å². The first kappa shape index (κ1) is 23.5. The molecule has 0 amide bonds.